The number of hydrogen-bond donors (Lipinski definition) is 1. The minimum Gasteiger partial charge on any atom is -0.497 e. The molecule has 6 nitrogen and oxygen atoms in total. The molecule has 1 N–H and O–H groups in total. The number of likely N-dealkylation sites (tertiary alicyclic amines) is 1. The number of carbonyl (C=O) groups excluding carboxylic acids is 2. The monoisotopic (exact) mass is 464 g/mol. The highest BCUT2D eigenvalue weighted by molar-refractivity contribution is 7.20. The second-order valence-electron chi connectivity index (χ2n) is 7.99. The lowest BCUT2D eigenvalue weighted by Crippen LogP contribution is -2.36. The van der Waals surface area contributed by atoms with Crippen LogP contribution >= 0.6 is 11.3 Å². The molecule has 0 bridgehead atoms. The Kier molecular flexibility index (Phi) is 7.29. The van der Waals surface area contributed by atoms with Crippen LogP contribution in [0.2, 0.25) is 0 Å². The molecule has 3 aromatic rings. The van der Waals surface area contributed by atoms with Crippen LogP contribution in [0, 0.1) is 6.92 Å². The van der Waals surface area contributed by atoms with Gasteiger partial charge in [0.25, 0.3) is 11.8 Å². The van der Waals surface area contributed by atoms with Crippen molar-refractivity contribution in [1.82, 2.24) is 4.90 Å². The maximum absolute atomic E-state index is 13.4. The van der Waals surface area contributed by atoms with Crippen molar-refractivity contribution >= 4 is 28.2 Å². The molecule has 2 aromatic carbocycles. The van der Waals surface area contributed by atoms with Crippen molar-refractivity contribution in [2.75, 3.05) is 32.1 Å². The highest BCUT2D eigenvalue weighted by Crippen LogP contribution is 2.40. The molecule has 33 heavy (non-hydrogen) atoms. The lowest BCUT2D eigenvalue weighted by Gasteiger charge is -2.27. The van der Waals surface area contributed by atoms with E-state index in [4.69, 9.17) is 9.47 Å². The van der Waals surface area contributed by atoms with Crippen molar-refractivity contribution < 1.29 is 19.1 Å². The molecule has 1 aromatic heterocycles. The largest absolute Gasteiger partial charge is 0.497 e. The number of carbonyl (C=O) groups is 2. The first-order valence-electron chi connectivity index (χ1n) is 11.1. The maximum Gasteiger partial charge on any atom is 0.262 e. The van der Waals surface area contributed by atoms with Crippen LogP contribution in [-0.2, 0) is 4.79 Å². The Bertz CT molecular complexity index is 1100. The van der Waals surface area contributed by atoms with Crippen molar-refractivity contribution in [2.24, 2.45) is 0 Å². The van der Waals surface area contributed by atoms with E-state index < -0.39 is 0 Å². The molecule has 1 aliphatic heterocycles. The summed E-state index contributed by atoms with van der Waals surface area (Å²) in [6.07, 6.45) is 3.17. The van der Waals surface area contributed by atoms with Crippen LogP contribution in [0.3, 0.4) is 0 Å². The van der Waals surface area contributed by atoms with Gasteiger partial charge in [0.05, 0.1) is 12.7 Å². The number of thiophene rings is 1. The molecule has 0 saturated carbocycles. The number of piperidine rings is 1. The van der Waals surface area contributed by atoms with Gasteiger partial charge in [-0.3, -0.25) is 9.59 Å². The van der Waals surface area contributed by atoms with Crippen LogP contribution in [0.1, 0.15) is 35.2 Å². The number of amides is 2. The fraction of sp³-hybridized carbons (Fsp3) is 0.308. The number of benzene rings is 2. The Labute approximate surface area is 198 Å². The Hall–Kier alpha value is -3.32. The van der Waals surface area contributed by atoms with Crippen molar-refractivity contribution in [3.8, 4) is 21.9 Å². The number of hydrogen-bond acceptors (Lipinski definition) is 5. The summed E-state index contributed by atoms with van der Waals surface area (Å²) >= 11 is 1.43. The molecule has 172 valence electrons. The van der Waals surface area contributed by atoms with E-state index in [0.717, 1.165) is 54.1 Å². The predicted octanol–water partition coefficient (Wildman–Crippen LogP) is 5.38. The number of methoxy groups -OCH3 is 1. The summed E-state index contributed by atoms with van der Waals surface area (Å²) in [5.74, 6) is 0.967. The summed E-state index contributed by atoms with van der Waals surface area (Å²) in [7, 11) is 1.60. The van der Waals surface area contributed by atoms with Crippen LogP contribution in [0.5, 0.6) is 11.5 Å². The first-order chi connectivity index (χ1) is 16.1. The second-order valence-corrected chi connectivity index (χ2v) is 9.01. The molecule has 0 spiro atoms. The van der Waals surface area contributed by atoms with Crippen molar-refractivity contribution in [3.63, 3.8) is 0 Å². The van der Waals surface area contributed by atoms with Gasteiger partial charge in [-0.15, -0.1) is 11.3 Å². The van der Waals surface area contributed by atoms with Crippen LogP contribution in [-0.4, -0.2) is 43.5 Å². The molecule has 2 heterocycles. The Morgan fingerprint density at radius 1 is 0.970 bits per heavy atom. The van der Waals surface area contributed by atoms with Gasteiger partial charge in [0.15, 0.2) is 6.61 Å². The quantitative estimate of drug-likeness (QED) is 0.510. The maximum atomic E-state index is 13.4. The lowest BCUT2D eigenvalue weighted by molar-refractivity contribution is -0.118. The average molecular weight is 465 g/mol. The zero-order valence-corrected chi connectivity index (χ0v) is 19.7. The number of nitrogens with one attached hydrogen (secondary N) is 1. The summed E-state index contributed by atoms with van der Waals surface area (Å²) in [4.78, 5) is 29.1. The van der Waals surface area contributed by atoms with E-state index in [0.29, 0.717) is 16.3 Å². The molecule has 1 aliphatic rings. The van der Waals surface area contributed by atoms with Gasteiger partial charge in [-0.25, -0.2) is 0 Å². The zero-order chi connectivity index (χ0) is 23.2. The van der Waals surface area contributed by atoms with Gasteiger partial charge in [-0.2, -0.15) is 0 Å². The lowest BCUT2D eigenvalue weighted by atomic mass is 10.0. The minimum absolute atomic E-state index is 0.0167. The van der Waals surface area contributed by atoms with Crippen LogP contribution in [0.25, 0.3) is 10.4 Å². The third kappa shape index (κ3) is 5.37. The summed E-state index contributed by atoms with van der Waals surface area (Å²) in [5.41, 5.74) is 2.51. The van der Waals surface area contributed by atoms with E-state index in [2.05, 4.69) is 5.32 Å². The van der Waals surface area contributed by atoms with E-state index in [1.165, 1.54) is 11.3 Å². The Morgan fingerprint density at radius 2 is 1.64 bits per heavy atom. The zero-order valence-electron chi connectivity index (χ0n) is 18.9. The van der Waals surface area contributed by atoms with E-state index in [1.807, 2.05) is 42.2 Å². The number of rotatable bonds is 7. The van der Waals surface area contributed by atoms with Crippen molar-refractivity contribution in [3.05, 3.63) is 65.7 Å². The van der Waals surface area contributed by atoms with Crippen LogP contribution < -0.4 is 14.8 Å². The number of ether oxygens (including phenoxy) is 2. The summed E-state index contributed by atoms with van der Waals surface area (Å²) in [6.45, 7) is 3.31. The Balaban J connectivity index is 1.55. The molecule has 4 rings (SSSR count). The topological polar surface area (TPSA) is 67.9 Å². The smallest absolute Gasteiger partial charge is 0.262 e. The van der Waals surface area contributed by atoms with Gasteiger partial charge in [0.2, 0.25) is 0 Å². The summed E-state index contributed by atoms with van der Waals surface area (Å²) in [5, 5.41) is 3.51. The molecule has 0 aliphatic carbocycles. The molecule has 0 unspecified atom stereocenters. The molecular weight excluding hydrogens is 436 g/mol. The first kappa shape index (κ1) is 22.9. The van der Waals surface area contributed by atoms with Gasteiger partial charge in [0.1, 0.15) is 16.5 Å². The summed E-state index contributed by atoms with van der Waals surface area (Å²) < 4.78 is 10.8. The highest BCUT2D eigenvalue weighted by Gasteiger charge is 2.27. The standard InChI is InChI=1S/C26H28N2O4S/c1-18-23(26(30)28-15-7-4-8-16-28)25(33-24(18)19-9-5-3-6-10-19)27-22(29)17-32-21-13-11-20(31-2)12-14-21/h3,5-6,9-14H,4,7-8,15-17H2,1-2H3,(H,27,29). The van der Waals surface area contributed by atoms with Crippen molar-refractivity contribution in [2.45, 2.75) is 26.2 Å². The van der Waals surface area contributed by atoms with Crippen LogP contribution in [0.4, 0.5) is 5.00 Å². The predicted molar refractivity (Wildman–Crippen MR) is 131 cm³/mol. The molecule has 0 radical (unpaired) electrons. The van der Waals surface area contributed by atoms with Crippen molar-refractivity contribution in [1.29, 1.82) is 0 Å². The van der Waals surface area contributed by atoms with Gasteiger partial charge >= 0.3 is 0 Å². The molecule has 7 heteroatoms. The molecular formula is C26H28N2O4S. The van der Waals surface area contributed by atoms with Gasteiger partial charge < -0.3 is 19.7 Å². The molecule has 2 amide bonds. The summed E-state index contributed by atoms with van der Waals surface area (Å²) in [6, 6.07) is 17.0. The normalized spacial score (nSPS) is 13.5. The SMILES string of the molecule is COc1ccc(OCC(=O)Nc2sc(-c3ccccc3)c(C)c2C(=O)N2CCCCC2)cc1. The van der Waals surface area contributed by atoms with Gasteiger partial charge in [0, 0.05) is 18.0 Å². The first-order valence-corrected chi connectivity index (χ1v) is 11.9. The van der Waals surface area contributed by atoms with E-state index in [-0.39, 0.29) is 18.4 Å². The molecule has 0 atom stereocenters. The number of anilines is 1. The fourth-order valence-electron chi connectivity index (χ4n) is 3.96. The molecule has 1 saturated heterocycles. The fourth-order valence-corrected chi connectivity index (χ4v) is 5.18. The third-order valence-electron chi connectivity index (χ3n) is 5.72. The van der Waals surface area contributed by atoms with Crippen LogP contribution in [0.15, 0.2) is 54.6 Å². The molecule has 1 fully saturated rings. The third-order valence-corrected chi connectivity index (χ3v) is 6.98. The van der Waals surface area contributed by atoms with Gasteiger partial charge in [-0.1, -0.05) is 30.3 Å². The van der Waals surface area contributed by atoms with E-state index in [1.54, 1.807) is 31.4 Å². The highest BCUT2D eigenvalue weighted by atomic mass is 32.1. The average Bonchev–Trinajstić information content (AvgIpc) is 3.19. The minimum atomic E-state index is -0.306. The van der Waals surface area contributed by atoms with E-state index >= 15 is 0 Å². The Morgan fingerprint density at radius 3 is 2.30 bits per heavy atom. The second kappa shape index (κ2) is 10.5. The van der Waals surface area contributed by atoms with Gasteiger partial charge in [-0.05, 0) is 61.6 Å². The number of nitrogens with zero attached hydrogens (tertiary/aromatic N) is 1. The van der Waals surface area contributed by atoms with E-state index in [9.17, 15) is 9.59 Å².